The summed E-state index contributed by atoms with van der Waals surface area (Å²) in [6.45, 7) is 1.62. The quantitative estimate of drug-likeness (QED) is 0.550. The summed E-state index contributed by atoms with van der Waals surface area (Å²) < 4.78 is 34.7. The van der Waals surface area contributed by atoms with E-state index in [0.717, 1.165) is 30.8 Å². The lowest BCUT2D eigenvalue weighted by Crippen LogP contribution is -2.39. The lowest BCUT2D eigenvalue weighted by atomic mass is 9.98. The summed E-state index contributed by atoms with van der Waals surface area (Å²) in [5, 5.41) is 0. The molecular weight excluding hydrogens is 414 g/mol. The number of rotatable bonds is 6. The third-order valence-corrected chi connectivity index (χ3v) is 7.64. The van der Waals surface area contributed by atoms with Crippen LogP contribution in [0.2, 0.25) is 0 Å². The van der Waals surface area contributed by atoms with Crippen molar-refractivity contribution in [2.45, 2.75) is 24.3 Å². The first-order valence-electron chi connectivity index (χ1n) is 10.2. The minimum absolute atomic E-state index is 0.00118. The second-order valence-corrected chi connectivity index (χ2v) is 9.51. The molecule has 8 heteroatoms. The van der Waals surface area contributed by atoms with Crippen LogP contribution in [0.5, 0.6) is 0 Å². The van der Waals surface area contributed by atoms with Crippen molar-refractivity contribution in [1.82, 2.24) is 13.9 Å². The largest absolute Gasteiger partial charge is 0.465 e. The third kappa shape index (κ3) is 4.40. The SMILES string of the molecule is COC(=O)c1ccccc1S(=O)(=O)N1CCC(Cn2ccnc2-c2ccccc2)CC1. The molecule has 1 aliphatic heterocycles. The van der Waals surface area contributed by atoms with Gasteiger partial charge in [-0.2, -0.15) is 4.31 Å². The van der Waals surface area contributed by atoms with Gasteiger partial charge in [-0.15, -0.1) is 0 Å². The number of hydrogen-bond acceptors (Lipinski definition) is 5. The number of esters is 1. The van der Waals surface area contributed by atoms with Crippen LogP contribution >= 0.6 is 0 Å². The Balaban J connectivity index is 1.46. The van der Waals surface area contributed by atoms with Gasteiger partial charge in [-0.3, -0.25) is 0 Å². The zero-order chi connectivity index (χ0) is 21.8. The molecule has 162 valence electrons. The Labute approximate surface area is 182 Å². The van der Waals surface area contributed by atoms with Gasteiger partial charge in [0.2, 0.25) is 10.0 Å². The van der Waals surface area contributed by atoms with E-state index in [9.17, 15) is 13.2 Å². The van der Waals surface area contributed by atoms with E-state index in [0.29, 0.717) is 19.0 Å². The molecule has 0 N–H and O–H groups in total. The topological polar surface area (TPSA) is 81.5 Å². The molecule has 0 atom stereocenters. The highest BCUT2D eigenvalue weighted by atomic mass is 32.2. The predicted octanol–water partition coefficient (Wildman–Crippen LogP) is 3.44. The van der Waals surface area contributed by atoms with Crippen molar-refractivity contribution in [3.8, 4) is 11.4 Å². The van der Waals surface area contributed by atoms with E-state index in [2.05, 4.69) is 9.55 Å². The average molecular weight is 440 g/mol. The van der Waals surface area contributed by atoms with Gasteiger partial charge in [-0.25, -0.2) is 18.2 Å². The van der Waals surface area contributed by atoms with Gasteiger partial charge >= 0.3 is 5.97 Å². The molecular formula is C23H25N3O4S. The van der Waals surface area contributed by atoms with Gasteiger partial charge in [0, 0.05) is 37.6 Å². The average Bonchev–Trinajstić information content (AvgIpc) is 3.27. The number of sulfonamides is 1. The summed E-state index contributed by atoms with van der Waals surface area (Å²) in [6, 6.07) is 16.2. The van der Waals surface area contributed by atoms with Crippen molar-refractivity contribution in [3.05, 3.63) is 72.6 Å². The van der Waals surface area contributed by atoms with Crippen LogP contribution in [0.3, 0.4) is 0 Å². The highest BCUT2D eigenvalue weighted by Crippen LogP contribution is 2.28. The number of carbonyl (C=O) groups is 1. The molecule has 0 radical (unpaired) electrons. The Morgan fingerprint density at radius 2 is 1.74 bits per heavy atom. The number of methoxy groups -OCH3 is 1. The number of ether oxygens (including phenoxy) is 1. The van der Waals surface area contributed by atoms with Gasteiger partial charge in [0.25, 0.3) is 0 Å². The molecule has 0 bridgehead atoms. The Bertz CT molecular complexity index is 1150. The predicted molar refractivity (Wildman–Crippen MR) is 117 cm³/mol. The van der Waals surface area contributed by atoms with Crippen LogP contribution in [0, 0.1) is 5.92 Å². The first-order chi connectivity index (χ1) is 15.0. The molecule has 2 heterocycles. The monoisotopic (exact) mass is 439 g/mol. The molecule has 0 saturated carbocycles. The van der Waals surface area contributed by atoms with Crippen LogP contribution in [0.15, 0.2) is 71.9 Å². The molecule has 31 heavy (non-hydrogen) atoms. The second-order valence-electron chi connectivity index (χ2n) is 7.60. The summed E-state index contributed by atoms with van der Waals surface area (Å²) in [5.74, 6) is 0.615. The van der Waals surface area contributed by atoms with Gasteiger partial charge in [0.15, 0.2) is 0 Å². The zero-order valence-electron chi connectivity index (χ0n) is 17.3. The lowest BCUT2D eigenvalue weighted by Gasteiger charge is -2.32. The van der Waals surface area contributed by atoms with Crippen molar-refractivity contribution in [3.63, 3.8) is 0 Å². The van der Waals surface area contributed by atoms with E-state index < -0.39 is 16.0 Å². The number of imidazole rings is 1. The smallest absolute Gasteiger partial charge is 0.339 e. The molecule has 1 fully saturated rings. The number of aromatic nitrogens is 2. The Hall–Kier alpha value is -2.97. The molecule has 2 aromatic carbocycles. The number of carbonyl (C=O) groups excluding carboxylic acids is 1. The molecule has 1 aromatic heterocycles. The maximum Gasteiger partial charge on any atom is 0.339 e. The van der Waals surface area contributed by atoms with Crippen LogP contribution < -0.4 is 0 Å². The minimum Gasteiger partial charge on any atom is -0.465 e. The van der Waals surface area contributed by atoms with Crippen molar-refractivity contribution in [1.29, 1.82) is 0 Å². The molecule has 7 nitrogen and oxygen atoms in total. The maximum absolute atomic E-state index is 13.2. The number of benzene rings is 2. The van der Waals surface area contributed by atoms with Gasteiger partial charge in [0.1, 0.15) is 5.82 Å². The molecule has 4 rings (SSSR count). The van der Waals surface area contributed by atoms with E-state index in [1.807, 2.05) is 36.5 Å². The second kappa shape index (κ2) is 9.03. The first-order valence-corrected chi connectivity index (χ1v) is 11.7. The third-order valence-electron chi connectivity index (χ3n) is 5.69. The van der Waals surface area contributed by atoms with Crippen LogP contribution in [0.4, 0.5) is 0 Å². The van der Waals surface area contributed by atoms with Gasteiger partial charge in [-0.05, 0) is 30.9 Å². The van der Waals surface area contributed by atoms with E-state index in [1.165, 1.54) is 23.5 Å². The van der Waals surface area contributed by atoms with Crippen LogP contribution in [-0.4, -0.2) is 48.4 Å². The number of nitrogens with zero attached hydrogens (tertiary/aromatic N) is 3. The molecule has 3 aromatic rings. The summed E-state index contributed by atoms with van der Waals surface area (Å²) in [4.78, 5) is 16.5. The van der Waals surface area contributed by atoms with Gasteiger partial charge in [-0.1, -0.05) is 42.5 Å². The van der Waals surface area contributed by atoms with Crippen LogP contribution in [0.25, 0.3) is 11.4 Å². The molecule has 0 aliphatic carbocycles. The van der Waals surface area contributed by atoms with Crippen molar-refractivity contribution < 1.29 is 17.9 Å². The summed E-state index contributed by atoms with van der Waals surface area (Å²) in [6.07, 6.45) is 5.25. The lowest BCUT2D eigenvalue weighted by molar-refractivity contribution is 0.0596. The van der Waals surface area contributed by atoms with Crippen LogP contribution in [-0.2, 0) is 21.3 Å². The number of piperidine rings is 1. The van der Waals surface area contributed by atoms with E-state index in [4.69, 9.17) is 4.74 Å². The van der Waals surface area contributed by atoms with Gasteiger partial charge < -0.3 is 9.30 Å². The Morgan fingerprint density at radius 3 is 2.45 bits per heavy atom. The maximum atomic E-state index is 13.2. The fourth-order valence-corrected chi connectivity index (χ4v) is 5.67. The molecule has 1 saturated heterocycles. The fourth-order valence-electron chi connectivity index (χ4n) is 4.02. The van der Waals surface area contributed by atoms with Crippen molar-refractivity contribution >= 4 is 16.0 Å². The van der Waals surface area contributed by atoms with E-state index in [1.54, 1.807) is 18.3 Å². The van der Waals surface area contributed by atoms with Crippen molar-refractivity contribution in [2.24, 2.45) is 5.92 Å². The highest BCUT2D eigenvalue weighted by molar-refractivity contribution is 7.89. The zero-order valence-corrected chi connectivity index (χ0v) is 18.2. The highest BCUT2D eigenvalue weighted by Gasteiger charge is 2.32. The Morgan fingerprint density at radius 1 is 1.06 bits per heavy atom. The summed E-state index contributed by atoms with van der Waals surface area (Å²) >= 11 is 0. The normalized spacial score (nSPS) is 15.6. The van der Waals surface area contributed by atoms with Crippen LogP contribution in [0.1, 0.15) is 23.2 Å². The Kier molecular flexibility index (Phi) is 6.20. The molecule has 1 aliphatic rings. The molecule has 0 spiro atoms. The standard InChI is InChI=1S/C23H25N3O4S/c1-30-23(27)20-9-5-6-10-21(20)31(28,29)26-14-11-18(12-15-26)17-25-16-13-24-22(25)19-7-3-2-4-8-19/h2-10,13,16,18H,11-12,14-15,17H2,1H3. The fraction of sp³-hybridized carbons (Fsp3) is 0.304. The minimum atomic E-state index is -3.77. The molecule has 0 amide bonds. The first kappa shape index (κ1) is 21.3. The van der Waals surface area contributed by atoms with Crippen molar-refractivity contribution in [2.75, 3.05) is 20.2 Å². The van der Waals surface area contributed by atoms with E-state index in [-0.39, 0.29) is 10.5 Å². The van der Waals surface area contributed by atoms with Gasteiger partial charge in [0.05, 0.1) is 17.6 Å². The number of hydrogen-bond donors (Lipinski definition) is 0. The summed E-state index contributed by atoms with van der Waals surface area (Å²) in [7, 11) is -2.52. The summed E-state index contributed by atoms with van der Waals surface area (Å²) in [5.41, 5.74) is 1.13. The molecule has 0 unspecified atom stereocenters. The van der Waals surface area contributed by atoms with E-state index >= 15 is 0 Å².